The molecule has 0 bridgehead atoms. The first-order valence-corrected chi connectivity index (χ1v) is 17.4. The standard InChI is InChI=1S/C48H36N2O/c1-47(2)37-16-5-7-18-39(37)48(40-19-8-6-17-38(40)47)41-20-9-10-21-45(41)51-46-30-34(26-27-42(46)48)31-22-24-33(25-23-31)43(49)28-29-44(50)36-15-11-13-32-12-3-4-14-35(32)36/h3-30,49-50H,1-2H3/b29-28-,49-43?,50-44?. The molecule has 3 nitrogen and oxygen atoms in total. The first-order chi connectivity index (χ1) is 24.9. The van der Waals surface area contributed by atoms with Gasteiger partial charge in [0, 0.05) is 22.1 Å². The molecule has 2 aliphatic rings. The Hall–Kier alpha value is -6.32. The molecule has 0 saturated heterocycles. The minimum Gasteiger partial charge on any atom is -0.457 e. The predicted octanol–water partition coefficient (Wildman–Crippen LogP) is 11.6. The van der Waals surface area contributed by atoms with E-state index >= 15 is 0 Å². The normalized spacial score (nSPS) is 14.6. The molecule has 1 heterocycles. The minimum atomic E-state index is -0.531. The van der Waals surface area contributed by atoms with Crippen LogP contribution in [0.2, 0.25) is 0 Å². The van der Waals surface area contributed by atoms with E-state index in [0.717, 1.165) is 55.7 Å². The summed E-state index contributed by atoms with van der Waals surface area (Å²) in [4.78, 5) is 0. The Balaban J connectivity index is 1.08. The monoisotopic (exact) mass is 656 g/mol. The highest BCUT2D eigenvalue weighted by Crippen LogP contribution is 2.61. The third-order valence-electron chi connectivity index (χ3n) is 10.9. The third-order valence-corrected chi connectivity index (χ3v) is 10.9. The summed E-state index contributed by atoms with van der Waals surface area (Å²) in [5.41, 5.74) is 11.3. The Labute approximate surface area is 298 Å². The highest BCUT2D eigenvalue weighted by molar-refractivity contribution is 6.18. The zero-order chi connectivity index (χ0) is 34.7. The zero-order valence-electron chi connectivity index (χ0n) is 28.6. The molecule has 3 heteroatoms. The quantitative estimate of drug-likeness (QED) is 0.178. The van der Waals surface area contributed by atoms with E-state index in [1.807, 2.05) is 42.5 Å². The van der Waals surface area contributed by atoms with E-state index in [2.05, 4.69) is 129 Å². The van der Waals surface area contributed by atoms with E-state index in [1.165, 1.54) is 22.3 Å². The lowest BCUT2D eigenvalue weighted by Crippen LogP contribution is -2.43. The highest BCUT2D eigenvalue weighted by Gasteiger charge is 2.52. The van der Waals surface area contributed by atoms with Crippen molar-refractivity contribution in [3.63, 3.8) is 0 Å². The number of nitrogens with one attached hydrogen (secondary N) is 2. The van der Waals surface area contributed by atoms with Crippen molar-refractivity contribution in [1.82, 2.24) is 0 Å². The summed E-state index contributed by atoms with van der Waals surface area (Å²) in [5, 5.41) is 19.6. The number of benzene rings is 7. The first kappa shape index (κ1) is 30.7. The number of hydrogen-bond donors (Lipinski definition) is 2. The lowest BCUT2D eigenvalue weighted by atomic mass is 9.53. The Morgan fingerprint density at radius 3 is 1.76 bits per heavy atom. The van der Waals surface area contributed by atoms with Crippen LogP contribution in [0.25, 0.3) is 21.9 Å². The van der Waals surface area contributed by atoms with E-state index in [4.69, 9.17) is 15.6 Å². The van der Waals surface area contributed by atoms with Crippen LogP contribution in [-0.4, -0.2) is 11.4 Å². The van der Waals surface area contributed by atoms with Gasteiger partial charge in [0.25, 0.3) is 0 Å². The van der Waals surface area contributed by atoms with Crippen molar-refractivity contribution in [2.24, 2.45) is 0 Å². The van der Waals surface area contributed by atoms with Crippen LogP contribution in [-0.2, 0) is 10.8 Å². The van der Waals surface area contributed by atoms with Crippen LogP contribution in [0.1, 0.15) is 58.4 Å². The molecule has 1 aliphatic carbocycles. The van der Waals surface area contributed by atoms with Gasteiger partial charge in [0.15, 0.2) is 0 Å². The average molecular weight is 657 g/mol. The van der Waals surface area contributed by atoms with Gasteiger partial charge in [-0.25, -0.2) is 0 Å². The number of para-hydroxylation sites is 1. The molecule has 0 aromatic heterocycles. The van der Waals surface area contributed by atoms with Crippen LogP contribution < -0.4 is 4.74 Å². The maximum atomic E-state index is 8.77. The second-order valence-electron chi connectivity index (χ2n) is 14.0. The Morgan fingerprint density at radius 2 is 1.04 bits per heavy atom. The molecule has 2 N–H and O–H groups in total. The van der Waals surface area contributed by atoms with Crippen molar-refractivity contribution in [2.75, 3.05) is 0 Å². The van der Waals surface area contributed by atoms with Gasteiger partial charge >= 0.3 is 0 Å². The van der Waals surface area contributed by atoms with Gasteiger partial charge in [0.2, 0.25) is 0 Å². The second kappa shape index (κ2) is 11.6. The van der Waals surface area contributed by atoms with E-state index in [0.29, 0.717) is 11.4 Å². The lowest BCUT2D eigenvalue weighted by molar-refractivity contribution is 0.425. The molecule has 0 amide bonds. The first-order valence-electron chi connectivity index (χ1n) is 17.4. The van der Waals surface area contributed by atoms with E-state index in [9.17, 15) is 0 Å². The van der Waals surface area contributed by atoms with Gasteiger partial charge in [-0.1, -0.05) is 159 Å². The molecule has 0 fully saturated rings. The molecular formula is C48H36N2O. The number of allylic oxidation sites excluding steroid dienone is 2. The number of ether oxygens (including phenoxy) is 1. The third kappa shape index (κ3) is 4.65. The molecule has 9 rings (SSSR count). The molecule has 1 aliphatic heterocycles. The smallest absolute Gasteiger partial charge is 0.132 e. The second-order valence-corrected chi connectivity index (χ2v) is 14.0. The Kier molecular flexibility index (Phi) is 7.01. The summed E-state index contributed by atoms with van der Waals surface area (Å²) in [5.74, 6) is 1.72. The fourth-order valence-corrected chi connectivity index (χ4v) is 8.46. The van der Waals surface area contributed by atoms with Gasteiger partial charge in [-0.3, -0.25) is 0 Å². The van der Waals surface area contributed by atoms with Gasteiger partial charge in [-0.15, -0.1) is 0 Å². The van der Waals surface area contributed by atoms with Crippen LogP contribution in [0.15, 0.2) is 170 Å². The molecule has 0 radical (unpaired) electrons. The van der Waals surface area contributed by atoms with E-state index in [1.54, 1.807) is 12.2 Å². The van der Waals surface area contributed by atoms with Crippen molar-refractivity contribution in [1.29, 1.82) is 10.8 Å². The van der Waals surface area contributed by atoms with E-state index < -0.39 is 5.41 Å². The number of fused-ring (bicyclic) bond motifs is 9. The largest absolute Gasteiger partial charge is 0.457 e. The van der Waals surface area contributed by atoms with Crippen molar-refractivity contribution in [3.05, 3.63) is 214 Å². The highest BCUT2D eigenvalue weighted by atomic mass is 16.5. The van der Waals surface area contributed by atoms with Crippen molar-refractivity contribution >= 4 is 22.2 Å². The molecule has 7 aromatic rings. The zero-order valence-corrected chi connectivity index (χ0v) is 28.6. The van der Waals surface area contributed by atoms with Crippen molar-refractivity contribution in [3.8, 4) is 22.6 Å². The van der Waals surface area contributed by atoms with Gasteiger partial charge in [0.05, 0.1) is 16.8 Å². The van der Waals surface area contributed by atoms with Crippen LogP contribution in [0, 0.1) is 10.8 Å². The van der Waals surface area contributed by atoms with Gasteiger partial charge < -0.3 is 15.6 Å². The van der Waals surface area contributed by atoms with E-state index in [-0.39, 0.29) is 5.41 Å². The summed E-state index contributed by atoms with van der Waals surface area (Å²) in [6.07, 6.45) is 3.43. The molecule has 1 spiro atoms. The topological polar surface area (TPSA) is 56.9 Å². The Morgan fingerprint density at radius 1 is 0.490 bits per heavy atom. The van der Waals surface area contributed by atoms with Crippen LogP contribution in [0.3, 0.4) is 0 Å². The molecule has 0 saturated carbocycles. The summed E-state index contributed by atoms with van der Waals surface area (Å²) in [7, 11) is 0. The Bertz CT molecular complexity index is 2520. The summed E-state index contributed by atoms with van der Waals surface area (Å²) < 4.78 is 6.77. The van der Waals surface area contributed by atoms with Crippen molar-refractivity contribution < 1.29 is 4.74 Å². The van der Waals surface area contributed by atoms with Crippen LogP contribution in [0.4, 0.5) is 0 Å². The van der Waals surface area contributed by atoms with Gasteiger partial charge in [0.1, 0.15) is 11.5 Å². The van der Waals surface area contributed by atoms with Gasteiger partial charge in [-0.05, 0) is 74.0 Å². The molecule has 0 atom stereocenters. The molecule has 0 unspecified atom stereocenters. The maximum absolute atomic E-state index is 8.77. The molecule has 51 heavy (non-hydrogen) atoms. The summed E-state index contributed by atoms with van der Waals surface area (Å²) in [6, 6.07) is 55.1. The summed E-state index contributed by atoms with van der Waals surface area (Å²) in [6.45, 7) is 4.67. The SMILES string of the molecule is CC1(C)c2ccccc2C2(c3ccccc3Oc3cc(-c4ccc(C(=N)/C=C\C(=N)c5cccc6ccccc56)cc4)ccc32)c2ccccc21. The average Bonchev–Trinajstić information content (AvgIpc) is 3.18. The van der Waals surface area contributed by atoms with Crippen molar-refractivity contribution in [2.45, 2.75) is 24.7 Å². The lowest BCUT2D eigenvalue weighted by Gasteiger charge is -2.50. The molecular weight excluding hydrogens is 621 g/mol. The number of hydrogen-bond acceptors (Lipinski definition) is 3. The predicted molar refractivity (Wildman–Crippen MR) is 209 cm³/mol. The fraction of sp³-hybridized carbons (Fsp3) is 0.0833. The van der Waals surface area contributed by atoms with Crippen LogP contribution in [0.5, 0.6) is 11.5 Å². The summed E-state index contributed by atoms with van der Waals surface area (Å²) >= 11 is 0. The number of rotatable bonds is 5. The maximum Gasteiger partial charge on any atom is 0.132 e. The molecule has 7 aromatic carbocycles. The molecule has 244 valence electrons. The van der Waals surface area contributed by atoms with Gasteiger partial charge in [-0.2, -0.15) is 0 Å². The fourth-order valence-electron chi connectivity index (χ4n) is 8.46. The minimum absolute atomic E-state index is 0.160. The van der Waals surface area contributed by atoms with Crippen LogP contribution >= 0.6 is 0 Å².